The van der Waals surface area contributed by atoms with Crippen LogP contribution < -0.4 is 5.32 Å². The Kier molecular flexibility index (Phi) is 3.93. The van der Waals surface area contributed by atoms with Crippen LogP contribution in [0.5, 0.6) is 0 Å². The summed E-state index contributed by atoms with van der Waals surface area (Å²) in [6.07, 6.45) is 5.95. The monoisotopic (exact) mass is 223 g/mol. The van der Waals surface area contributed by atoms with Gasteiger partial charge in [0.1, 0.15) is 5.76 Å². The molecule has 1 aliphatic heterocycles. The molecular formula is C11H17N3O2. The van der Waals surface area contributed by atoms with E-state index in [4.69, 9.17) is 4.42 Å². The molecule has 1 saturated heterocycles. The Morgan fingerprint density at radius 1 is 1.50 bits per heavy atom. The number of oxazole rings is 1. The number of nitrogens with zero attached hydrogens (tertiary/aromatic N) is 2. The molecular weight excluding hydrogens is 206 g/mol. The number of amides is 1. The van der Waals surface area contributed by atoms with E-state index in [9.17, 15) is 4.79 Å². The summed E-state index contributed by atoms with van der Waals surface area (Å²) in [5, 5.41) is 3.16. The molecule has 5 nitrogen and oxygen atoms in total. The quantitative estimate of drug-likeness (QED) is 0.749. The first-order chi connectivity index (χ1) is 7.86. The Bertz CT molecular complexity index is 318. The summed E-state index contributed by atoms with van der Waals surface area (Å²) >= 11 is 0. The molecule has 1 amide bonds. The van der Waals surface area contributed by atoms with Gasteiger partial charge in [0, 0.05) is 26.1 Å². The summed E-state index contributed by atoms with van der Waals surface area (Å²) in [6.45, 7) is 3.19. The fourth-order valence-electron chi connectivity index (χ4n) is 1.86. The molecule has 1 aromatic heterocycles. The number of likely N-dealkylation sites (tertiary alicyclic amines) is 1. The highest BCUT2D eigenvalue weighted by atomic mass is 16.3. The standard InChI is InChI=1S/C11H17N3O2/c15-11(14-5-1-2-6-14)3-4-12-7-10-8-13-9-16-10/h8-9,12H,1-7H2. The van der Waals surface area contributed by atoms with Gasteiger partial charge in [-0.05, 0) is 12.8 Å². The zero-order chi connectivity index (χ0) is 11.2. The summed E-state index contributed by atoms with van der Waals surface area (Å²) in [5.74, 6) is 1.05. The van der Waals surface area contributed by atoms with Gasteiger partial charge in [-0.3, -0.25) is 4.79 Å². The molecule has 0 spiro atoms. The summed E-state index contributed by atoms with van der Waals surface area (Å²) < 4.78 is 5.07. The van der Waals surface area contributed by atoms with Crippen LogP contribution in [0.1, 0.15) is 25.0 Å². The second kappa shape index (κ2) is 5.65. The summed E-state index contributed by atoms with van der Waals surface area (Å²) in [6, 6.07) is 0. The number of aromatic nitrogens is 1. The van der Waals surface area contributed by atoms with Gasteiger partial charge in [0.2, 0.25) is 5.91 Å². The number of rotatable bonds is 5. The van der Waals surface area contributed by atoms with E-state index in [0.29, 0.717) is 19.5 Å². The predicted molar refractivity (Wildman–Crippen MR) is 58.6 cm³/mol. The number of hydrogen-bond donors (Lipinski definition) is 1. The molecule has 0 bridgehead atoms. The van der Waals surface area contributed by atoms with E-state index in [0.717, 1.165) is 31.7 Å². The molecule has 2 rings (SSSR count). The van der Waals surface area contributed by atoms with E-state index in [-0.39, 0.29) is 5.91 Å². The van der Waals surface area contributed by atoms with Crippen LogP contribution in [-0.2, 0) is 11.3 Å². The lowest BCUT2D eigenvalue weighted by Gasteiger charge is -2.14. The van der Waals surface area contributed by atoms with Gasteiger partial charge in [0.25, 0.3) is 0 Å². The maximum atomic E-state index is 11.7. The highest BCUT2D eigenvalue weighted by Crippen LogP contribution is 2.08. The first-order valence-corrected chi connectivity index (χ1v) is 5.72. The van der Waals surface area contributed by atoms with Crippen LogP contribution in [-0.4, -0.2) is 35.4 Å². The second-order valence-corrected chi connectivity index (χ2v) is 3.98. The minimum Gasteiger partial charge on any atom is -0.447 e. The molecule has 0 atom stereocenters. The van der Waals surface area contributed by atoms with Crippen molar-refractivity contribution < 1.29 is 9.21 Å². The fourth-order valence-corrected chi connectivity index (χ4v) is 1.86. The van der Waals surface area contributed by atoms with E-state index in [1.165, 1.54) is 6.39 Å². The number of nitrogens with one attached hydrogen (secondary N) is 1. The molecule has 0 radical (unpaired) electrons. The van der Waals surface area contributed by atoms with Gasteiger partial charge in [0.15, 0.2) is 6.39 Å². The normalized spacial score (nSPS) is 15.6. The Hall–Kier alpha value is -1.36. The minimum absolute atomic E-state index is 0.252. The second-order valence-electron chi connectivity index (χ2n) is 3.98. The highest BCUT2D eigenvalue weighted by Gasteiger charge is 2.16. The van der Waals surface area contributed by atoms with Crippen LogP contribution in [0, 0.1) is 0 Å². The average Bonchev–Trinajstić information content (AvgIpc) is 2.96. The van der Waals surface area contributed by atoms with E-state index in [2.05, 4.69) is 10.3 Å². The van der Waals surface area contributed by atoms with Gasteiger partial charge >= 0.3 is 0 Å². The van der Waals surface area contributed by atoms with E-state index in [1.807, 2.05) is 4.90 Å². The van der Waals surface area contributed by atoms with Crippen molar-refractivity contribution in [3.05, 3.63) is 18.4 Å². The molecule has 0 saturated carbocycles. The Morgan fingerprint density at radius 2 is 2.31 bits per heavy atom. The van der Waals surface area contributed by atoms with Gasteiger partial charge in [-0.25, -0.2) is 4.98 Å². The van der Waals surface area contributed by atoms with E-state index < -0.39 is 0 Å². The third-order valence-corrected chi connectivity index (χ3v) is 2.76. The van der Waals surface area contributed by atoms with Crippen molar-refractivity contribution in [2.24, 2.45) is 0 Å². The van der Waals surface area contributed by atoms with Crippen LogP contribution in [0.3, 0.4) is 0 Å². The first-order valence-electron chi connectivity index (χ1n) is 5.72. The molecule has 1 aromatic rings. The predicted octanol–water partition coefficient (Wildman–Crippen LogP) is 0.777. The molecule has 2 heterocycles. The van der Waals surface area contributed by atoms with E-state index in [1.54, 1.807) is 6.20 Å². The largest absolute Gasteiger partial charge is 0.447 e. The molecule has 16 heavy (non-hydrogen) atoms. The SMILES string of the molecule is O=C(CCNCc1cnco1)N1CCCC1. The Labute approximate surface area is 94.8 Å². The van der Waals surface area contributed by atoms with Crippen molar-refractivity contribution in [2.75, 3.05) is 19.6 Å². The van der Waals surface area contributed by atoms with E-state index >= 15 is 0 Å². The summed E-state index contributed by atoms with van der Waals surface area (Å²) in [5.41, 5.74) is 0. The Morgan fingerprint density at radius 3 is 3.00 bits per heavy atom. The fraction of sp³-hybridized carbons (Fsp3) is 0.636. The van der Waals surface area contributed by atoms with Crippen LogP contribution in [0.15, 0.2) is 17.0 Å². The smallest absolute Gasteiger partial charge is 0.223 e. The number of carbonyl (C=O) groups is 1. The van der Waals surface area contributed by atoms with Crippen LogP contribution in [0.4, 0.5) is 0 Å². The molecule has 0 unspecified atom stereocenters. The number of carbonyl (C=O) groups excluding carboxylic acids is 1. The summed E-state index contributed by atoms with van der Waals surface area (Å²) in [7, 11) is 0. The lowest BCUT2D eigenvalue weighted by Crippen LogP contribution is -2.30. The zero-order valence-corrected chi connectivity index (χ0v) is 9.32. The van der Waals surface area contributed by atoms with Gasteiger partial charge in [0.05, 0.1) is 12.7 Å². The highest BCUT2D eigenvalue weighted by molar-refractivity contribution is 5.76. The molecule has 0 aliphatic carbocycles. The minimum atomic E-state index is 0.252. The average molecular weight is 223 g/mol. The van der Waals surface area contributed by atoms with Crippen LogP contribution in [0.2, 0.25) is 0 Å². The lowest BCUT2D eigenvalue weighted by atomic mass is 10.3. The third kappa shape index (κ3) is 3.06. The van der Waals surface area contributed by atoms with Crippen molar-refractivity contribution in [1.29, 1.82) is 0 Å². The van der Waals surface area contributed by atoms with Gasteiger partial charge in [-0.15, -0.1) is 0 Å². The maximum Gasteiger partial charge on any atom is 0.223 e. The molecule has 88 valence electrons. The molecule has 1 fully saturated rings. The van der Waals surface area contributed by atoms with Gasteiger partial charge in [-0.1, -0.05) is 0 Å². The zero-order valence-electron chi connectivity index (χ0n) is 9.32. The lowest BCUT2D eigenvalue weighted by molar-refractivity contribution is -0.130. The van der Waals surface area contributed by atoms with Crippen molar-refractivity contribution in [3.63, 3.8) is 0 Å². The third-order valence-electron chi connectivity index (χ3n) is 2.76. The van der Waals surface area contributed by atoms with Gasteiger partial charge < -0.3 is 14.6 Å². The van der Waals surface area contributed by atoms with Crippen LogP contribution >= 0.6 is 0 Å². The van der Waals surface area contributed by atoms with Crippen molar-refractivity contribution in [1.82, 2.24) is 15.2 Å². The summed E-state index contributed by atoms with van der Waals surface area (Å²) in [4.78, 5) is 17.4. The number of hydrogen-bond acceptors (Lipinski definition) is 4. The molecule has 0 aromatic carbocycles. The molecule has 1 aliphatic rings. The van der Waals surface area contributed by atoms with Crippen molar-refractivity contribution >= 4 is 5.91 Å². The maximum absolute atomic E-state index is 11.7. The van der Waals surface area contributed by atoms with Crippen LogP contribution in [0.25, 0.3) is 0 Å². The first kappa shape index (κ1) is 11.1. The Balaban J connectivity index is 1.59. The van der Waals surface area contributed by atoms with Gasteiger partial charge in [-0.2, -0.15) is 0 Å². The molecule has 5 heteroatoms. The molecule has 1 N–H and O–H groups in total. The topological polar surface area (TPSA) is 58.4 Å². The van der Waals surface area contributed by atoms with Crippen molar-refractivity contribution in [3.8, 4) is 0 Å². The van der Waals surface area contributed by atoms with Crippen molar-refractivity contribution in [2.45, 2.75) is 25.8 Å².